The van der Waals surface area contributed by atoms with E-state index in [9.17, 15) is 9.90 Å². The number of carboxylic acid groups (broad SMARTS) is 1. The van der Waals surface area contributed by atoms with Crippen LogP contribution < -0.4 is 14.4 Å². The van der Waals surface area contributed by atoms with Gasteiger partial charge < -0.3 is 19.5 Å². The van der Waals surface area contributed by atoms with Crippen LogP contribution in [0.15, 0.2) is 17.6 Å². The normalized spacial score (nSPS) is 13.5. The molecular weight excluding hydrogens is 328 g/mol. The van der Waals surface area contributed by atoms with Crippen molar-refractivity contribution in [3.63, 3.8) is 0 Å². The molecule has 1 aliphatic heterocycles. The van der Waals surface area contributed by atoms with Gasteiger partial charge in [-0.2, -0.15) is 0 Å². The minimum atomic E-state index is -1.13. The first-order valence-electron chi connectivity index (χ1n) is 6.51. The Hall–Kier alpha value is -1.99. The highest BCUT2D eigenvalue weighted by atomic mass is 35.5. The molecule has 2 aromatic rings. The van der Waals surface area contributed by atoms with Crippen LogP contribution >= 0.6 is 22.9 Å². The minimum absolute atomic E-state index is 0.0474. The standard InChI is InChI=1S/C14H13ClN2O4S/c1-20-12-8(15)6-9-13(11(12)14(18)19)21-4-3-17(9)7-10-16-2-5-22-10/h2,5-6H,3-4,7H2,1H3,(H,18,19). The second kappa shape index (κ2) is 6.02. The predicted octanol–water partition coefficient (Wildman–Crippen LogP) is 2.90. The zero-order chi connectivity index (χ0) is 15.7. The molecule has 1 aromatic heterocycles. The van der Waals surface area contributed by atoms with Crippen LogP contribution in [0.25, 0.3) is 0 Å². The van der Waals surface area contributed by atoms with E-state index in [1.807, 2.05) is 10.3 Å². The molecule has 116 valence electrons. The molecule has 0 radical (unpaired) electrons. The lowest BCUT2D eigenvalue weighted by Crippen LogP contribution is -2.33. The molecule has 0 unspecified atom stereocenters. The van der Waals surface area contributed by atoms with Gasteiger partial charge in [0.15, 0.2) is 11.5 Å². The molecule has 0 saturated carbocycles. The topological polar surface area (TPSA) is 71.9 Å². The molecule has 3 rings (SSSR count). The second-order valence-electron chi connectivity index (χ2n) is 4.62. The second-order valence-corrected chi connectivity index (χ2v) is 6.00. The predicted molar refractivity (Wildman–Crippen MR) is 83.6 cm³/mol. The molecule has 2 heterocycles. The fourth-order valence-corrected chi connectivity index (χ4v) is 3.32. The number of hydrogen-bond donors (Lipinski definition) is 1. The summed E-state index contributed by atoms with van der Waals surface area (Å²) in [7, 11) is 1.39. The van der Waals surface area contributed by atoms with E-state index in [0.717, 1.165) is 5.01 Å². The van der Waals surface area contributed by atoms with E-state index in [1.54, 1.807) is 23.6 Å². The fourth-order valence-electron chi connectivity index (χ4n) is 2.41. The van der Waals surface area contributed by atoms with Crippen molar-refractivity contribution in [3.8, 4) is 11.5 Å². The Balaban J connectivity index is 2.08. The number of anilines is 1. The molecule has 0 amide bonds. The lowest BCUT2D eigenvalue weighted by atomic mass is 10.1. The van der Waals surface area contributed by atoms with Crippen LogP contribution in [0.3, 0.4) is 0 Å². The Morgan fingerprint density at radius 1 is 1.64 bits per heavy atom. The average molecular weight is 341 g/mol. The van der Waals surface area contributed by atoms with Gasteiger partial charge >= 0.3 is 5.97 Å². The molecular formula is C14H13ClN2O4S. The summed E-state index contributed by atoms with van der Waals surface area (Å²) in [6.45, 7) is 1.60. The molecule has 0 aliphatic carbocycles. The van der Waals surface area contributed by atoms with Gasteiger partial charge in [-0.05, 0) is 6.07 Å². The van der Waals surface area contributed by atoms with Crippen molar-refractivity contribution in [2.45, 2.75) is 6.54 Å². The lowest BCUT2D eigenvalue weighted by molar-refractivity contribution is 0.0688. The number of aromatic carboxylic acids is 1. The summed E-state index contributed by atoms with van der Waals surface area (Å²) in [5, 5.41) is 12.6. The Labute approximate surface area is 135 Å². The number of rotatable bonds is 4. The highest BCUT2D eigenvalue weighted by molar-refractivity contribution is 7.09. The van der Waals surface area contributed by atoms with E-state index < -0.39 is 5.97 Å². The van der Waals surface area contributed by atoms with Crippen molar-refractivity contribution in [1.82, 2.24) is 4.98 Å². The summed E-state index contributed by atoms with van der Waals surface area (Å²) < 4.78 is 10.7. The van der Waals surface area contributed by atoms with Crippen molar-refractivity contribution in [1.29, 1.82) is 0 Å². The van der Waals surface area contributed by atoms with Crippen LogP contribution in [0.1, 0.15) is 15.4 Å². The number of methoxy groups -OCH3 is 1. The van der Waals surface area contributed by atoms with Gasteiger partial charge in [0.05, 0.1) is 30.9 Å². The van der Waals surface area contributed by atoms with Gasteiger partial charge in [0.1, 0.15) is 17.2 Å². The van der Waals surface area contributed by atoms with Crippen molar-refractivity contribution in [2.24, 2.45) is 0 Å². The highest BCUT2D eigenvalue weighted by Crippen LogP contribution is 2.45. The minimum Gasteiger partial charge on any atom is -0.494 e. The van der Waals surface area contributed by atoms with Crippen molar-refractivity contribution >= 4 is 34.6 Å². The first-order valence-corrected chi connectivity index (χ1v) is 7.77. The number of nitrogens with zero attached hydrogens (tertiary/aromatic N) is 2. The van der Waals surface area contributed by atoms with Gasteiger partial charge in [0.25, 0.3) is 0 Å². The number of hydrogen-bond acceptors (Lipinski definition) is 6. The van der Waals surface area contributed by atoms with E-state index in [-0.39, 0.29) is 22.1 Å². The molecule has 0 saturated heterocycles. The van der Waals surface area contributed by atoms with Gasteiger partial charge in [-0.15, -0.1) is 11.3 Å². The summed E-state index contributed by atoms with van der Waals surface area (Å²) in [5.41, 5.74) is 0.596. The number of halogens is 1. The third-order valence-electron chi connectivity index (χ3n) is 3.34. The third-order valence-corrected chi connectivity index (χ3v) is 4.39. The van der Waals surface area contributed by atoms with Crippen molar-refractivity contribution in [2.75, 3.05) is 25.2 Å². The smallest absolute Gasteiger partial charge is 0.343 e. The van der Waals surface area contributed by atoms with Crippen molar-refractivity contribution < 1.29 is 19.4 Å². The van der Waals surface area contributed by atoms with Crippen LogP contribution in [0, 0.1) is 0 Å². The quantitative estimate of drug-likeness (QED) is 0.922. The zero-order valence-corrected chi connectivity index (χ0v) is 13.3. The van der Waals surface area contributed by atoms with Gasteiger partial charge in [-0.3, -0.25) is 0 Å². The van der Waals surface area contributed by atoms with Gasteiger partial charge in [-0.25, -0.2) is 9.78 Å². The van der Waals surface area contributed by atoms with E-state index in [1.165, 1.54) is 7.11 Å². The molecule has 8 heteroatoms. The number of fused-ring (bicyclic) bond motifs is 1. The van der Waals surface area contributed by atoms with Crippen molar-refractivity contribution in [3.05, 3.63) is 33.2 Å². The molecule has 0 atom stereocenters. The summed E-state index contributed by atoms with van der Waals surface area (Å²) >= 11 is 7.72. The largest absolute Gasteiger partial charge is 0.494 e. The number of carbonyl (C=O) groups is 1. The first kappa shape index (κ1) is 14.9. The van der Waals surface area contributed by atoms with Crippen LogP contribution in [0.4, 0.5) is 5.69 Å². The van der Waals surface area contributed by atoms with Crippen LogP contribution in [0.2, 0.25) is 5.02 Å². The van der Waals surface area contributed by atoms with E-state index in [4.69, 9.17) is 21.1 Å². The maximum absolute atomic E-state index is 11.6. The number of thiazole rings is 1. The van der Waals surface area contributed by atoms with Gasteiger partial charge in [-0.1, -0.05) is 11.6 Å². The Kier molecular flexibility index (Phi) is 4.08. The summed E-state index contributed by atoms with van der Waals surface area (Å²) in [6, 6.07) is 1.68. The van der Waals surface area contributed by atoms with E-state index in [0.29, 0.717) is 25.4 Å². The monoisotopic (exact) mass is 340 g/mol. The lowest BCUT2D eigenvalue weighted by Gasteiger charge is -2.32. The molecule has 1 aromatic carbocycles. The number of benzene rings is 1. The molecule has 0 bridgehead atoms. The first-order chi connectivity index (χ1) is 10.6. The van der Waals surface area contributed by atoms with E-state index in [2.05, 4.69) is 4.98 Å². The van der Waals surface area contributed by atoms with E-state index >= 15 is 0 Å². The molecule has 0 spiro atoms. The third kappa shape index (κ3) is 2.57. The molecule has 1 N–H and O–H groups in total. The van der Waals surface area contributed by atoms with Crippen LogP contribution in [-0.4, -0.2) is 36.3 Å². The summed E-state index contributed by atoms with van der Waals surface area (Å²) in [4.78, 5) is 17.8. The number of carboxylic acids is 1. The van der Waals surface area contributed by atoms with Gasteiger partial charge in [0, 0.05) is 11.6 Å². The van der Waals surface area contributed by atoms with Crippen LogP contribution in [0.5, 0.6) is 11.5 Å². The maximum Gasteiger partial charge on any atom is 0.343 e. The summed E-state index contributed by atoms with van der Waals surface area (Å²) in [6.07, 6.45) is 1.74. The Morgan fingerprint density at radius 3 is 3.09 bits per heavy atom. The number of ether oxygens (including phenoxy) is 2. The number of aromatic nitrogens is 1. The Morgan fingerprint density at radius 2 is 2.45 bits per heavy atom. The van der Waals surface area contributed by atoms with Gasteiger partial charge in [0.2, 0.25) is 0 Å². The molecule has 6 nitrogen and oxygen atoms in total. The van der Waals surface area contributed by atoms with Crippen LogP contribution in [-0.2, 0) is 6.54 Å². The molecule has 22 heavy (non-hydrogen) atoms. The Bertz CT molecular complexity index is 705. The SMILES string of the molecule is COc1c(Cl)cc2c(c1C(=O)O)OCCN2Cc1nccs1. The zero-order valence-electron chi connectivity index (χ0n) is 11.7. The maximum atomic E-state index is 11.6. The molecule has 1 aliphatic rings. The summed E-state index contributed by atoms with van der Waals surface area (Å²) in [5.74, 6) is -0.729. The molecule has 0 fully saturated rings. The fraction of sp³-hybridized carbons (Fsp3) is 0.286. The highest BCUT2D eigenvalue weighted by Gasteiger charge is 2.30. The average Bonchev–Trinajstić information content (AvgIpc) is 2.99.